The third kappa shape index (κ3) is 23.6. The largest absolute Gasteiger partial charge is 0.393 e. The van der Waals surface area contributed by atoms with Crippen LogP contribution in [0.15, 0.2) is 0 Å². The molecule has 0 aromatic carbocycles. The molecule has 0 fully saturated rings. The Morgan fingerprint density at radius 1 is 0.812 bits per heavy atom. The van der Waals surface area contributed by atoms with Crippen LogP contribution in [-0.4, -0.2) is 48.6 Å². The minimum Gasteiger partial charge on any atom is -0.393 e. The molecule has 0 aliphatic rings. The minimum atomic E-state index is -0.158. The summed E-state index contributed by atoms with van der Waals surface area (Å²) in [5.41, 5.74) is 0. The van der Waals surface area contributed by atoms with E-state index in [9.17, 15) is 0 Å². The Kier molecular flexibility index (Phi) is 16.9. The van der Waals surface area contributed by atoms with Crippen LogP contribution in [0.5, 0.6) is 0 Å². The number of hydrogen-bond donors (Lipinski definition) is 4. The lowest BCUT2D eigenvalue weighted by molar-refractivity contribution is 0.183. The van der Waals surface area contributed by atoms with Crippen LogP contribution >= 0.6 is 0 Å². The van der Waals surface area contributed by atoms with Crippen LogP contribution in [0.4, 0.5) is 0 Å². The molecule has 0 heterocycles. The Morgan fingerprint density at radius 3 is 1.31 bits per heavy atom. The molecule has 0 bridgehead atoms. The van der Waals surface area contributed by atoms with Gasteiger partial charge in [0.25, 0.3) is 0 Å². The molecule has 0 aliphatic carbocycles. The van der Waals surface area contributed by atoms with Gasteiger partial charge in [-0.25, -0.2) is 0 Å². The van der Waals surface area contributed by atoms with Gasteiger partial charge in [0.2, 0.25) is 0 Å². The number of hydrogen-bond acceptors (Lipinski definition) is 4. The van der Waals surface area contributed by atoms with Gasteiger partial charge in [-0.05, 0) is 52.9 Å². The first kappa shape index (κ1) is 18.2. The van der Waals surface area contributed by atoms with Gasteiger partial charge in [-0.1, -0.05) is 13.8 Å². The average Bonchev–Trinajstić information content (AvgIpc) is 2.18. The Bertz CT molecular complexity index is 106. The van der Waals surface area contributed by atoms with E-state index in [0.29, 0.717) is 0 Å². The minimum absolute atomic E-state index is 0.158. The summed E-state index contributed by atoms with van der Waals surface area (Å²) >= 11 is 0. The molecule has 0 saturated heterocycles. The fourth-order valence-electron chi connectivity index (χ4n) is 0.975. The van der Waals surface area contributed by atoms with Crippen molar-refractivity contribution in [3.05, 3.63) is 0 Å². The van der Waals surface area contributed by atoms with E-state index in [1.165, 1.54) is 0 Å². The lowest BCUT2D eigenvalue weighted by atomic mass is 10.3. The highest BCUT2D eigenvalue weighted by Gasteiger charge is 1.91. The van der Waals surface area contributed by atoms with Crippen LogP contribution < -0.4 is 10.6 Å². The predicted molar refractivity (Wildman–Crippen MR) is 69.7 cm³/mol. The quantitative estimate of drug-likeness (QED) is 0.468. The summed E-state index contributed by atoms with van der Waals surface area (Å²) in [4.78, 5) is 0. The van der Waals surface area contributed by atoms with Crippen LogP contribution in [0.3, 0.4) is 0 Å². The van der Waals surface area contributed by atoms with Crippen molar-refractivity contribution in [2.75, 3.05) is 26.2 Å². The highest BCUT2D eigenvalue weighted by atomic mass is 16.3. The van der Waals surface area contributed by atoms with Crippen molar-refractivity contribution < 1.29 is 10.2 Å². The molecule has 16 heavy (non-hydrogen) atoms. The van der Waals surface area contributed by atoms with Gasteiger partial charge in [-0.2, -0.15) is 0 Å². The molecular weight excluding hydrogens is 204 g/mol. The van der Waals surface area contributed by atoms with Crippen molar-refractivity contribution >= 4 is 0 Å². The fraction of sp³-hybridized carbons (Fsp3) is 1.00. The topological polar surface area (TPSA) is 64.5 Å². The molecule has 100 valence electrons. The third-order valence-electron chi connectivity index (χ3n) is 1.98. The zero-order chi connectivity index (χ0) is 12.8. The highest BCUT2D eigenvalue weighted by molar-refractivity contribution is 4.49. The smallest absolute Gasteiger partial charge is 0.0524 e. The van der Waals surface area contributed by atoms with E-state index in [0.717, 1.165) is 39.0 Å². The van der Waals surface area contributed by atoms with Crippen LogP contribution in [0.2, 0.25) is 0 Å². The van der Waals surface area contributed by atoms with Crippen LogP contribution in [0.25, 0.3) is 0 Å². The van der Waals surface area contributed by atoms with Gasteiger partial charge in [0.05, 0.1) is 12.2 Å². The second kappa shape index (κ2) is 14.8. The van der Waals surface area contributed by atoms with Crippen molar-refractivity contribution in [1.82, 2.24) is 10.6 Å². The summed E-state index contributed by atoms with van der Waals surface area (Å²) in [6, 6.07) is 0. The lowest BCUT2D eigenvalue weighted by Gasteiger charge is -2.02. The van der Waals surface area contributed by atoms with E-state index in [-0.39, 0.29) is 12.2 Å². The monoisotopic (exact) mass is 234 g/mol. The summed E-state index contributed by atoms with van der Waals surface area (Å²) < 4.78 is 0. The molecule has 0 radical (unpaired) electrons. The standard InChI is InChI=1S/2C6H15NO/c2*1-3-7-5-4-6(2)8/h2*6-8H,3-5H2,1-2H3. The van der Waals surface area contributed by atoms with Gasteiger partial charge in [-0.3, -0.25) is 0 Å². The Hall–Kier alpha value is -0.160. The van der Waals surface area contributed by atoms with Gasteiger partial charge < -0.3 is 20.8 Å². The van der Waals surface area contributed by atoms with Crippen molar-refractivity contribution in [2.45, 2.75) is 52.7 Å². The zero-order valence-corrected chi connectivity index (χ0v) is 11.3. The van der Waals surface area contributed by atoms with E-state index in [1.54, 1.807) is 13.8 Å². The number of nitrogens with one attached hydrogen (secondary N) is 2. The molecular formula is C12H30N2O2. The van der Waals surface area contributed by atoms with E-state index in [4.69, 9.17) is 10.2 Å². The third-order valence-corrected chi connectivity index (χ3v) is 1.98. The van der Waals surface area contributed by atoms with E-state index < -0.39 is 0 Å². The first-order valence-electron chi connectivity index (χ1n) is 6.32. The fourth-order valence-corrected chi connectivity index (χ4v) is 0.975. The van der Waals surface area contributed by atoms with Crippen LogP contribution in [-0.2, 0) is 0 Å². The maximum absolute atomic E-state index is 8.74. The zero-order valence-electron chi connectivity index (χ0n) is 11.3. The first-order chi connectivity index (χ1) is 7.54. The maximum Gasteiger partial charge on any atom is 0.0524 e. The Labute approximate surface area is 100 Å². The lowest BCUT2D eigenvalue weighted by Crippen LogP contribution is -2.18. The molecule has 0 saturated carbocycles. The van der Waals surface area contributed by atoms with Gasteiger partial charge in [0.1, 0.15) is 0 Å². The molecule has 0 amide bonds. The number of aliphatic hydroxyl groups is 2. The van der Waals surface area contributed by atoms with Crippen LogP contribution in [0, 0.1) is 0 Å². The first-order valence-corrected chi connectivity index (χ1v) is 6.32. The van der Waals surface area contributed by atoms with Gasteiger partial charge in [0.15, 0.2) is 0 Å². The molecule has 0 spiro atoms. The van der Waals surface area contributed by atoms with E-state index >= 15 is 0 Å². The highest BCUT2D eigenvalue weighted by Crippen LogP contribution is 1.84. The van der Waals surface area contributed by atoms with Crippen LogP contribution in [0.1, 0.15) is 40.5 Å². The van der Waals surface area contributed by atoms with Gasteiger partial charge in [-0.15, -0.1) is 0 Å². The summed E-state index contributed by atoms with van der Waals surface area (Å²) in [5.74, 6) is 0. The normalized spacial score (nSPS) is 13.9. The van der Waals surface area contributed by atoms with Crippen molar-refractivity contribution in [3.63, 3.8) is 0 Å². The van der Waals surface area contributed by atoms with Crippen molar-refractivity contribution in [2.24, 2.45) is 0 Å². The summed E-state index contributed by atoms with van der Waals surface area (Å²) in [5, 5.41) is 23.7. The second-order valence-electron chi connectivity index (χ2n) is 3.98. The Balaban J connectivity index is 0. The van der Waals surface area contributed by atoms with E-state index in [1.807, 2.05) is 0 Å². The molecule has 0 aromatic heterocycles. The molecule has 4 N–H and O–H groups in total. The molecule has 4 heteroatoms. The Morgan fingerprint density at radius 2 is 1.12 bits per heavy atom. The second-order valence-corrected chi connectivity index (χ2v) is 3.98. The maximum atomic E-state index is 8.74. The molecule has 4 nitrogen and oxygen atoms in total. The molecule has 2 unspecified atom stereocenters. The molecule has 2 atom stereocenters. The molecule has 0 aliphatic heterocycles. The predicted octanol–water partition coefficient (Wildman–Crippen LogP) is 0.734. The number of aliphatic hydroxyl groups excluding tert-OH is 2. The summed E-state index contributed by atoms with van der Waals surface area (Å²) in [6.07, 6.45) is 1.39. The summed E-state index contributed by atoms with van der Waals surface area (Å²) in [6.45, 7) is 11.6. The molecule has 0 rings (SSSR count). The SMILES string of the molecule is CCNCCC(C)O.CCNCCC(C)O. The van der Waals surface area contributed by atoms with E-state index in [2.05, 4.69) is 24.5 Å². The van der Waals surface area contributed by atoms with Crippen molar-refractivity contribution in [1.29, 1.82) is 0 Å². The number of rotatable bonds is 8. The van der Waals surface area contributed by atoms with Gasteiger partial charge >= 0.3 is 0 Å². The molecule has 0 aromatic rings. The summed E-state index contributed by atoms with van der Waals surface area (Å²) in [7, 11) is 0. The van der Waals surface area contributed by atoms with Crippen molar-refractivity contribution in [3.8, 4) is 0 Å². The van der Waals surface area contributed by atoms with Gasteiger partial charge in [0, 0.05) is 0 Å². The average molecular weight is 234 g/mol.